The maximum absolute atomic E-state index is 11.1. The van der Waals surface area contributed by atoms with Gasteiger partial charge in [-0.15, -0.1) is 0 Å². The minimum absolute atomic E-state index is 0.0313. The van der Waals surface area contributed by atoms with Gasteiger partial charge in [-0.3, -0.25) is 0 Å². The van der Waals surface area contributed by atoms with Crippen molar-refractivity contribution in [1.82, 2.24) is 0 Å². The fourth-order valence-corrected chi connectivity index (χ4v) is 1.22. The lowest BCUT2D eigenvalue weighted by Gasteiger charge is -2.02. The summed E-state index contributed by atoms with van der Waals surface area (Å²) in [6.07, 6.45) is 5.59. The molecule has 0 radical (unpaired) electrons. The molecule has 0 heterocycles. The average molecular weight is 219 g/mol. The van der Waals surface area contributed by atoms with Crippen LogP contribution in [0.15, 0.2) is 11.6 Å². The maximum Gasteiger partial charge on any atom is 0.345 e. The summed E-state index contributed by atoms with van der Waals surface area (Å²) in [6, 6.07) is 0. The number of carbonyl (C=O) groups excluding carboxylic acids is 2. The topological polar surface area (TPSA) is 52.6 Å². The highest BCUT2D eigenvalue weighted by atomic mass is 32.2. The predicted octanol–water partition coefficient (Wildman–Crippen LogP) is 0.137. The first-order chi connectivity index (χ1) is 6.52. The normalized spacial score (nSPS) is 9.50. The maximum atomic E-state index is 11.1. The van der Waals surface area contributed by atoms with Crippen molar-refractivity contribution in [2.24, 2.45) is 0 Å². The zero-order chi connectivity index (χ0) is 11.1. The number of methoxy groups -OCH3 is 2. The van der Waals surface area contributed by atoms with Crippen LogP contribution in [0, 0.1) is 0 Å². The van der Waals surface area contributed by atoms with Crippen LogP contribution in [0.3, 0.4) is 0 Å². The molecule has 0 aliphatic rings. The summed E-state index contributed by atoms with van der Waals surface area (Å²) in [5.74, 6) is -0.635. The van der Waals surface area contributed by atoms with Crippen LogP contribution >= 0.6 is 0 Å². The van der Waals surface area contributed by atoms with Crippen molar-refractivity contribution in [3.63, 3.8) is 0 Å². The van der Waals surface area contributed by atoms with Gasteiger partial charge < -0.3 is 9.47 Å². The van der Waals surface area contributed by atoms with E-state index in [1.54, 1.807) is 6.08 Å². The van der Waals surface area contributed by atoms with Gasteiger partial charge in [0.1, 0.15) is 11.3 Å². The van der Waals surface area contributed by atoms with Crippen LogP contribution < -0.4 is 0 Å². The number of carbonyl (C=O) groups is 2. The standard InChI is InChI=1S/C9H15O4S/c1-12-8(10)7(9(11)13-2)5-6-14(3)4/h5H,6H2,1-4H3/q+1. The molecule has 5 heteroatoms. The molecular formula is C9H15O4S+. The molecule has 0 bridgehead atoms. The van der Waals surface area contributed by atoms with E-state index in [-0.39, 0.29) is 16.5 Å². The molecule has 0 aromatic rings. The van der Waals surface area contributed by atoms with E-state index in [9.17, 15) is 9.59 Å². The molecule has 0 spiro atoms. The molecule has 4 nitrogen and oxygen atoms in total. The van der Waals surface area contributed by atoms with Crippen LogP contribution in [0.25, 0.3) is 0 Å². The van der Waals surface area contributed by atoms with Gasteiger partial charge in [0, 0.05) is 0 Å². The fourth-order valence-electron chi connectivity index (χ4n) is 0.720. The highest BCUT2D eigenvalue weighted by molar-refractivity contribution is 7.95. The Morgan fingerprint density at radius 1 is 1.14 bits per heavy atom. The van der Waals surface area contributed by atoms with Crippen molar-refractivity contribution >= 4 is 22.8 Å². The largest absolute Gasteiger partial charge is 0.465 e. The summed E-state index contributed by atoms with van der Waals surface area (Å²) >= 11 is 0. The fraction of sp³-hybridized carbons (Fsp3) is 0.556. The molecule has 0 aromatic heterocycles. The number of esters is 2. The van der Waals surface area contributed by atoms with Crippen molar-refractivity contribution < 1.29 is 19.1 Å². The molecule has 0 aliphatic carbocycles. The molecule has 0 rings (SSSR count). The van der Waals surface area contributed by atoms with Crippen molar-refractivity contribution in [2.45, 2.75) is 0 Å². The van der Waals surface area contributed by atoms with Gasteiger partial charge in [-0.2, -0.15) is 0 Å². The number of rotatable bonds is 4. The Labute approximate surface area is 86.6 Å². The van der Waals surface area contributed by atoms with Crippen LogP contribution in [0.2, 0.25) is 0 Å². The quantitative estimate of drug-likeness (QED) is 0.222. The lowest BCUT2D eigenvalue weighted by molar-refractivity contribution is -0.144. The minimum atomic E-state index is -0.651. The molecule has 0 amide bonds. The van der Waals surface area contributed by atoms with E-state index < -0.39 is 11.9 Å². The van der Waals surface area contributed by atoms with Gasteiger partial charge in [-0.05, 0) is 17.0 Å². The third-order valence-electron chi connectivity index (χ3n) is 1.43. The van der Waals surface area contributed by atoms with Gasteiger partial charge in [-0.25, -0.2) is 9.59 Å². The smallest absolute Gasteiger partial charge is 0.345 e. The van der Waals surface area contributed by atoms with E-state index in [1.807, 2.05) is 12.5 Å². The van der Waals surface area contributed by atoms with Crippen LogP contribution in [-0.4, -0.2) is 44.4 Å². The zero-order valence-electron chi connectivity index (χ0n) is 8.83. The molecule has 0 aliphatic heterocycles. The van der Waals surface area contributed by atoms with Gasteiger partial charge in [0.15, 0.2) is 0 Å². The summed E-state index contributed by atoms with van der Waals surface area (Å²) in [4.78, 5) is 22.3. The van der Waals surface area contributed by atoms with Crippen LogP contribution in [-0.2, 0) is 30.0 Å². The van der Waals surface area contributed by atoms with Crippen molar-refractivity contribution in [2.75, 3.05) is 32.5 Å². The molecule has 14 heavy (non-hydrogen) atoms. The van der Waals surface area contributed by atoms with Crippen LogP contribution in [0.4, 0.5) is 0 Å². The molecule has 0 aromatic carbocycles. The molecular weight excluding hydrogens is 204 g/mol. The molecule has 0 fully saturated rings. The Morgan fingerprint density at radius 3 is 1.86 bits per heavy atom. The predicted molar refractivity (Wildman–Crippen MR) is 56.2 cm³/mol. The van der Waals surface area contributed by atoms with E-state index >= 15 is 0 Å². The van der Waals surface area contributed by atoms with E-state index in [2.05, 4.69) is 9.47 Å². The van der Waals surface area contributed by atoms with Crippen molar-refractivity contribution in [3.05, 3.63) is 11.6 Å². The summed E-state index contributed by atoms with van der Waals surface area (Å²) in [5, 5.41) is 0. The summed E-state index contributed by atoms with van der Waals surface area (Å²) in [7, 11) is 2.60. The monoisotopic (exact) mass is 219 g/mol. The Morgan fingerprint density at radius 2 is 1.57 bits per heavy atom. The number of hydrogen-bond acceptors (Lipinski definition) is 4. The summed E-state index contributed by atoms with van der Waals surface area (Å²) in [5.41, 5.74) is -0.0313. The number of ether oxygens (including phenoxy) is 2. The zero-order valence-corrected chi connectivity index (χ0v) is 9.64. The second kappa shape index (κ2) is 6.48. The highest BCUT2D eigenvalue weighted by Gasteiger charge is 2.20. The third-order valence-corrected chi connectivity index (χ3v) is 2.26. The Kier molecular flexibility index (Phi) is 6.03. The van der Waals surface area contributed by atoms with Gasteiger partial charge in [-0.1, -0.05) is 0 Å². The lowest BCUT2D eigenvalue weighted by atomic mass is 10.2. The van der Waals surface area contributed by atoms with Gasteiger partial charge in [0.25, 0.3) is 0 Å². The first kappa shape index (κ1) is 13.0. The lowest BCUT2D eigenvalue weighted by Crippen LogP contribution is -2.17. The molecule has 80 valence electrons. The van der Waals surface area contributed by atoms with Crippen LogP contribution in [0.1, 0.15) is 0 Å². The molecule has 0 atom stereocenters. The first-order valence-electron chi connectivity index (χ1n) is 3.94. The number of hydrogen-bond donors (Lipinski definition) is 0. The first-order valence-corrected chi connectivity index (χ1v) is 6.15. The SMILES string of the molecule is COC(=O)C(=CC[S+](C)C)C(=O)OC. The van der Waals surface area contributed by atoms with E-state index in [1.165, 1.54) is 14.2 Å². The minimum Gasteiger partial charge on any atom is -0.465 e. The highest BCUT2D eigenvalue weighted by Crippen LogP contribution is 2.01. The Hall–Kier alpha value is -0.970. The third kappa shape index (κ3) is 4.32. The Balaban J connectivity index is 4.63. The molecule has 0 saturated heterocycles. The second-order valence-electron chi connectivity index (χ2n) is 2.75. The van der Waals surface area contributed by atoms with Gasteiger partial charge in [0.05, 0.1) is 26.7 Å². The van der Waals surface area contributed by atoms with Crippen LogP contribution in [0.5, 0.6) is 0 Å². The second-order valence-corrected chi connectivity index (χ2v) is 5.06. The van der Waals surface area contributed by atoms with Gasteiger partial charge >= 0.3 is 11.9 Å². The van der Waals surface area contributed by atoms with Crippen molar-refractivity contribution in [3.8, 4) is 0 Å². The van der Waals surface area contributed by atoms with E-state index in [0.717, 1.165) is 0 Å². The molecule has 0 N–H and O–H groups in total. The average Bonchev–Trinajstić information content (AvgIpc) is 2.16. The Bertz CT molecular complexity index is 227. The summed E-state index contributed by atoms with van der Waals surface area (Å²) in [6.45, 7) is 0. The molecule has 0 saturated carbocycles. The molecule has 0 unspecified atom stereocenters. The van der Waals surface area contributed by atoms with Gasteiger partial charge in [0.2, 0.25) is 0 Å². The summed E-state index contributed by atoms with van der Waals surface area (Å²) < 4.78 is 8.93. The van der Waals surface area contributed by atoms with E-state index in [4.69, 9.17) is 0 Å². The van der Waals surface area contributed by atoms with E-state index in [0.29, 0.717) is 5.75 Å². The van der Waals surface area contributed by atoms with Crippen molar-refractivity contribution in [1.29, 1.82) is 0 Å².